The summed E-state index contributed by atoms with van der Waals surface area (Å²) in [5.41, 5.74) is 4.61. The summed E-state index contributed by atoms with van der Waals surface area (Å²) in [4.78, 5) is 37.0. The lowest BCUT2D eigenvalue weighted by Gasteiger charge is -2.18. The van der Waals surface area contributed by atoms with Gasteiger partial charge >= 0.3 is 12.1 Å². The second-order valence-electron chi connectivity index (χ2n) is 8.08. The molecule has 0 bridgehead atoms. The number of carboxylic acid groups (broad SMARTS) is 1. The summed E-state index contributed by atoms with van der Waals surface area (Å²) in [6.45, 7) is 0.694. The maximum absolute atomic E-state index is 12.1. The minimum atomic E-state index is -1.08. The van der Waals surface area contributed by atoms with Gasteiger partial charge in [0.2, 0.25) is 5.91 Å². The van der Waals surface area contributed by atoms with E-state index in [4.69, 9.17) is 4.74 Å². The van der Waals surface area contributed by atoms with Gasteiger partial charge in [-0.05, 0) is 42.8 Å². The van der Waals surface area contributed by atoms with Crippen molar-refractivity contribution in [2.24, 2.45) is 0 Å². The number of hydrogen-bond acceptors (Lipinski definition) is 5. The summed E-state index contributed by atoms with van der Waals surface area (Å²) in [5, 5.41) is 14.3. The summed E-state index contributed by atoms with van der Waals surface area (Å²) in [6, 6.07) is 15.3. The van der Waals surface area contributed by atoms with Crippen molar-refractivity contribution in [1.29, 1.82) is 0 Å². The molecule has 2 aromatic rings. The number of fused-ring (bicyclic) bond motifs is 3. The lowest BCUT2D eigenvalue weighted by Crippen LogP contribution is -2.47. The van der Waals surface area contributed by atoms with E-state index in [0.29, 0.717) is 6.42 Å². The summed E-state index contributed by atoms with van der Waals surface area (Å²) in [6.07, 6.45) is -0.0474. The van der Waals surface area contributed by atoms with Gasteiger partial charge in [-0.3, -0.25) is 4.79 Å². The van der Waals surface area contributed by atoms with Crippen LogP contribution in [-0.4, -0.2) is 67.8 Å². The van der Waals surface area contributed by atoms with Crippen molar-refractivity contribution in [2.45, 2.75) is 24.8 Å². The fourth-order valence-electron chi connectivity index (χ4n) is 3.91. The smallest absolute Gasteiger partial charge is 0.407 e. The average molecular weight is 440 g/mol. The van der Waals surface area contributed by atoms with E-state index < -0.39 is 18.1 Å². The van der Waals surface area contributed by atoms with Gasteiger partial charge in [0.05, 0.1) is 0 Å². The van der Waals surface area contributed by atoms with Gasteiger partial charge in [0, 0.05) is 25.4 Å². The number of likely N-dealkylation sites (N-methyl/N-ethyl adjacent to an activating group) is 1. The maximum Gasteiger partial charge on any atom is 0.407 e. The van der Waals surface area contributed by atoms with Crippen LogP contribution in [0.25, 0.3) is 11.1 Å². The van der Waals surface area contributed by atoms with Crippen LogP contribution in [0.1, 0.15) is 29.9 Å². The SMILES string of the molecule is CN(C)CC(NC(=O)CCCNC(=O)OCC1c2ccccc2-c2ccccc21)C(=O)O. The average Bonchev–Trinajstić information content (AvgIpc) is 3.08. The first-order chi connectivity index (χ1) is 15.4. The van der Waals surface area contributed by atoms with Crippen molar-refractivity contribution in [3.8, 4) is 11.1 Å². The topological polar surface area (TPSA) is 108 Å². The number of alkyl carbamates (subject to hydrolysis) is 1. The quantitative estimate of drug-likeness (QED) is 0.491. The van der Waals surface area contributed by atoms with Crippen molar-refractivity contribution in [3.05, 3.63) is 59.7 Å². The molecule has 0 saturated carbocycles. The Kier molecular flexibility index (Phi) is 7.83. The van der Waals surface area contributed by atoms with E-state index in [1.165, 1.54) is 0 Å². The van der Waals surface area contributed by atoms with Crippen LogP contribution in [0.2, 0.25) is 0 Å². The van der Waals surface area contributed by atoms with Gasteiger partial charge < -0.3 is 25.4 Å². The Labute approximate surface area is 187 Å². The third-order valence-electron chi connectivity index (χ3n) is 5.37. The third-order valence-corrected chi connectivity index (χ3v) is 5.37. The Morgan fingerprint density at radius 1 is 1.03 bits per heavy atom. The molecule has 0 saturated heterocycles. The zero-order valence-corrected chi connectivity index (χ0v) is 18.3. The standard InChI is InChI=1S/C24H29N3O5/c1-27(2)14-21(23(29)30)26-22(28)12-7-13-25-24(31)32-15-20-18-10-5-3-8-16(18)17-9-4-6-11-19(17)20/h3-6,8-11,20-21H,7,12-15H2,1-2H3,(H,25,31)(H,26,28)(H,29,30). The third kappa shape index (κ3) is 5.85. The van der Waals surface area contributed by atoms with Crippen molar-refractivity contribution in [1.82, 2.24) is 15.5 Å². The number of ether oxygens (including phenoxy) is 1. The van der Waals surface area contributed by atoms with E-state index in [1.54, 1.807) is 19.0 Å². The molecule has 0 radical (unpaired) electrons. The summed E-state index contributed by atoms with van der Waals surface area (Å²) < 4.78 is 5.45. The number of nitrogens with zero attached hydrogens (tertiary/aromatic N) is 1. The van der Waals surface area contributed by atoms with E-state index in [2.05, 4.69) is 34.9 Å². The number of benzene rings is 2. The van der Waals surface area contributed by atoms with Crippen LogP contribution in [0, 0.1) is 0 Å². The second kappa shape index (κ2) is 10.8. The van der Waals surface area contributed by atoms with E-state index in [0.717, 1.165) is 22.3 Å². The molecule has 8 nitrogen and oxygen atoms in total. The Bertz CT molecular complexity index is 930. The molecule has 3 rings (SSSR count). The van der Waals surface area contributed by atoms with Crippen LogP contribution in [0.4, 0.5) is 4.79 Å². The van der Waals surface area contributed by atoms with Crippen LogP contribution >= 0.6 is 0 Å². The molecule has 1 aliphatic carbocycles. The summed E-state index contributed by atoms with van der Waals surface area (Å²) in [7, 11) is 3.47. The number of rotatable bonds is 10. The Morgan fingerprint density at radius 3 is 2.19 bits per heavy atom. The number of carboxylic acids is 1. The molecule has 170 valence electrons. The molecule has 0 aliphatic heterocycles. The van der Waals surface area contributed by atoms with Crippen molar-refractivity contribution in [2.75, 3.05) is 33.8 Å². The first-order valence-corrected chi connectivity index (χ1v) is 10.6. The molecule has 0 aromatic heterocycles. The minimum absolute atomic E-state index is 0.0106. The van der Waals surface area contributed by atoms with Crippen LogP contribution in [0.3, 0.4) is 0 Å². The molecule has 32 heavy (non-hydrogen) atoms. The summed E-state index contributed by atoms with van der Waals surface area (Å²) in [5.74, 6) is -1.46. The highest BCUT2D eigenvalue weighted by Crippen LogP contribution is 2.44. The van der Waals surface area contributed by atoms with Gasteiger partial charge in [0.15, 0.2) is 0 Å². The molecule has 1 aliphatic rings. The molecular formula is C24H29N3O5. The number of aliphatic carboxylic acids is 1. The molecule has 3 N–H and O–H groups in total. The predicted octanol–water partition coefficient (Wildman–Crippen LogP) is 2.44. The largest absolute Gasteiger partial charge is 0.480 e. The monoisotopic (exact) mass is 439 g/mol. The van der Waals surface area contributed by atoms with Crippen LogP contribution in [0.15, 0.2) is 48.5 Å². The van der Waals surface area contributed by atoms with Crippen LogP contribution < -0.4 is 10.6 Å². The zero-order chi connectivity index (χ0) is 23.1. The highest BCUT2D eigenvalue weighted by Gasteiger charge is 2.29. The zero-order valence-electron chi connectivity index (χ0n) is 18.3. The molecule has 8 heteroatoms. The van der Waals surface area contributed by atoms with E-state index in [9.17, 15) is 19.5 Å². The molecule has 1 atom stereocenters. The lowest BCUT2D eigenvalue weighted by atomic mass is 9.98. The summed E-state index contributed by atoms with van der Waals surface area (Å²) >= 11 is 0. The molecule has 1 unspecified atom stereocenters. The highest BCUT2D eigenvalue weighted by molar-refractivity contribution is 5.83. The molecule has 2 aromatic carbocycles. The van der Waals surface area contributed by atoms with Gasteiger partial charge in [-0.2, -0.15) is 0 Å². The molecule has 2 amide bonds. The molecule has 0 spiro atoms. The minimum Gasteiger partial charge on any atom is -0.480 e. The number of carbonyl (C=O) groups is 3. The number of carbonyl (C=O) groups excluding carboxylic acids is 2. The lowest BCUT2D eigenvalue weighted by molar-refractivity contribution is -0.142. The van der Waals surface area contributed by atoms with Gasteiger partial charge in [0.1, 0.15) is 12.6 Å². The van der Waals surface area contributed by atoms with E-state index in [1.807, 2.05) is 24.3 Å². The fraction of sp³-hybridized carbons (Fsp3) is 0.375. The van der Waals surface area contributed by atoms with Crippen molar-refractivity contribution < 1.29 is 24.2 Å². The van der Waals surface area contributed by atoms with Gasteiger partial charge in [-0.1, -0.05) is 48.5 Å². The molecule has 0 heterocycles. The molecule has 0 fully saturated rings. The maximum atomic E-state index is 12.1. The highest BCUT2D eigenvalue weighted by atomic mass is 16.5. The normalized spacial score (nSPS) is 13.2. The second-order valence-corrected chi connectivity index (χ2v) is 8.08. The fourth-order valence-corrected chi connectivity index (χ4v) is 3.91. The Hall–Kier alpha value is -3.39. The van der Waals surface area contributed by atoms with Crippen LogP contribution in [-0.2, 0) is 14.3 Å². The van der Waals surface area contributed by atoms with E-state index >= 15 is 0 Å². The first-order valence-electron chi connectivity index (χ1n) is 10.6. The Balaban J connectivity index is 1.42. The number of hydrogen-bond donors (Lipinski definition) is 3. The number of amides is 2. The van der Waals surface area contributed by atoms with Crippen molar-refractivity contribution >= 4 is 18.0 Å². The van der Waals surface area contributed by atoms with Crippen LogP contribution in [0.5, 0.6) is 0 Å². The number of nitrogens with one attached hydrogen (secondary N) is 2. The van der Waals surface area contributed by atoms with E-state index in [-0.39, 0.29) is 37.9 Å². The van der Waals surface area contributed by atoms with Gasteiger partial charge in [-0.15, -0.1) is 0 Å². The van der Waals surface area contributed by atoms with Gasteiger partial charge in [-0.25, -0.2) is 9.59 Å². The Morgan fingerprint density at radius 2 is 1.62 bits per heavy atom. The van der Waals surface area contributed by atoms with Gasteiger partial charge in [0.25, 0.3) is 0 Å². The first kappa shape index (κ1) is 23.3. The predicted molar refractivity (Wildman–Crippen MR) is 120 cm³/mol. The molecular weight excluding hydrogens is 410 g/mol. The van der Waals surface area contributed by atoms with Crippen molar-refractivity contribution in [3.63, 3.8) is 0 Å².